The van der Waals surface area contributed by atoms with E-state index >= 15 is 0 Å². The largest absolute Gasteiger partial charge is 0.326 e. The molecule has 0 radical (unpaired) electrons. The maximum absolute atomic E-state index is 12.9. The van der Waals surface area contributed by atoms with Crippen molar-refractivity contribution < 1.29 is 13.2 Å². The molecule has 0 aromatic heterocycles. The predicted octanol–water partition coefficient (Wildman–Crippen LogP) is 2.40. The quantitative estimate of drug-likeness (QED) is 0.759. The first-order valence-corrected chi connectivity index (χ1v) is 3.82. The molecule has 0 heterocycles. The molecule has 0 aliphatic rings. The monoisotopic (exact) mass is 189 g/mol. The van der Waals surface area contributed by atoms with E-state index in [0.29, 0.717) is 0 Å². The van der Waals surface area contributed by atoms with Crippen LogP contribution in [-0.2, 0) is 12.5 Å². The number of nitrogens with two attached hydrogens (primary N) is 1. The first-order chi connectivity index (χ1) is 5.95. The highest BCUT2D eigenvalue weighted by molar-refractivity contribution is 5.31. The highest BCUT2D eigenvalue weighted by Crippen LogP contribution is 2.30. The Morgan fingerprint density at radius 2 is 2.00 bits per heavy atom. The second-order valence-corrected chi connectivity index (χ2v) is 2.89. The van der Waals surface area contributed by atoms with Crippen molar-refractivity contribution in [2.45, 2.75) is 19.4 Å². The highest BCUT2D eigenvalue weighted by Gasteiger charge is 2.27. The van der Waals surface area contributed by atoms with Crippen molar-refractivity contribution in [1.29, 1.82) is 0 Å². The fourth-order valence-electron chi connectivity index (χ4n) is 1.14. The van der Waals surface area contributed by atoms with Gasteiger partial charge in [-0.25, -0.2) is 13.2 Å². The predicted molar refractivity (Wildman–Crippen MR) is 43.9 cm³/mol. The summed E-state index contributed by atoms with van der Waals surface area (Å²) in [6.07, 6.45) is 0. The van der Waals surface area contributed by atoms with Crippen LogP contribution in [0.2, 0.25) is 0 Å². The molecule has 72 valence electrons. The molecular formula is C9H10F3N. The van der Waals surface area contributed by atoms with E-state index in [1.165, 1.54) is 6.07 Å². The summed E-state index contributed by atoms with van der Waals surface area (Å²) in [6, 6.07) is 3.22. The molecule has 13 heavy (non-hydrogen) atoms. The molecule has 0 unspecified atom stereocenters. The standard InChI is InChI=1S/C9H10F3N/c1-9(11,12)8-4-7(10)3-2-6(8)5-13/h2-4H,5,13H2,1H3. The third kappa shape index (κ3) is 2.21. The first-order valence-electron chi connectivity index (χ1n) is 3.82. The van der Waals surface area contributed by atoms with Crippen LogP contribution in [0.15, 0.2) is 18.2 Å². The lowest BCUT2D eigenvalue weighted by atomic mass is 10.0. The summed E-state index contributed by atoms with van der Waals surface area (Å²) >= 11 is 0. The average Bonchev–Trinajstić information content (AvgIpc) is 2.03. The smallest absolute Gasteiger partial charge is 0.270 e. The minimum Gasteiger partial charge on any atom is -0.326 e. The zero-order valence-corrected chi connectivity index (χ0v) is 7.15. The van der Waals surface area contributed by atoms with Crippen LogP contribution in [0.4, 0.5) is 13.2 Å². The summed E-state index contributed by atoms with van der Waals surface area (Å²) in [5.74, 6) is -3.72. The lowest BCUT2D eigenvalue weighted by Crippen LogP contribution is -2.13. The van der Waals surface area contributed by atoms with Crippen molar-refractivity contribution in [1.82, 2.24) is 0 Å². The number of hydrogen-bond acceptors (Lipinski definition) is 1. The van der Waals surface area contributed by atoms with Gasteiger partial charge in [0.1, 0.15) is 5.82 Å². The number of benzene rings is 1. The van der Waals surface area contributed by atoms with Gasteiger partial charge in [0.05, 0.1) is 0 Å². The summed E-state index contributed by atoms with van der Waals surface area (Å²) < 4.78 is 38.4. The summed E-state index contributed by atoms with van der Waals surface area (Å²) in [6.45, 7) is 0.708. The van der Waals surface area contributed by atoms with Crippen LogP contribution in [0.3, 0.4) is 0 Å². The maximum atomic E-state index is 12.9. The molecule has 1 aromatic carbocycles. The molecule has 2 N–H and O–H groups in total. The molecule has 0 fully saturated rings. The molecule has 1 nitrogen and oxygen atoms in total. The van der Waals surface area contributed by atoms with E-state index in [9.17, 15) is 13.2 Å². The molecule has 0 aliphatic heterocycles. The third-order valence-electron chi connectivity index (χ3n) is 1.76. The van der Waals surface area contributed by atoms with E-state index in [1.54, 1.807) is 0 Å². The molecule has 0 saturated carbocycles. The van der Waals surface area contributed by atoms with Crippen LogP contribution >= 0.6 is 0 Å². The lowest BCUT2D eigenvalue weighted by molar-refractivity contribution is 0.0162. The van der Waals surface area contributed by atoms with Crippen molar-refractivity contribution >= 4 is 0 Å². The van der Waals surface area contributed by atoms with Crippen LogP contribution in [0.25, 0.3) is 0 Å². The van der Waals surface area contributed by atoms with Gasteiger partial charge < -0.3 is 5.73 Å². The summed E-state index contributed by atoms with van der Waals surface area (Å²) in [5, 5.41) is 0. The molecule has 1 aromatic rings. The van der Waals surface area contributed by atoms with Crippen molar-refractivity contribution in [3.8, 4) is 0 Å². The number of hydrogen-bond donors (Lipinski definition) is 1. The Morgan fingerprint density at radius 3 is 2.46 bits per heavy atom. The van der Waals surface area contributed by atoms with Gasteiger partial charge in [-0.2, -0.15) is 0 Å². The van der Waals surface area contributed by atoms with Gasteiger partial charge in [-0.15, -0.1) is 0 Å². The molecule has 0 aliphatic carbocycles. The molecule has 4 heteroatoms. The Hall–Kier alpha value is -1.03. The van der Waals surface area contributed by atoms with Gasteiger partial charge in [0.25, 0.3) is 5.92 Å². The van der Waals surface area contributed by atoms with E-state index in [-0.39, 0.29) is 17.7 Å². The minimum atomic E-state index is -3.04. The zero-order valence-electron chi connectivity index (χ0n) is 7.15. The van der Waals surface area contributed by atoms with Crippen LogP contribution in [-0.4, -0.2) is 0 Å². The Balaban J connectivity index is 3.24. The molecule has 1 rings (SSSR count). The van der Waals surface area contributed by atoms with Gasteiger partial charge in [0.15, 0.2) is 0 Å². The van der Waals surface area contributed by atoms with Gasteiger partial charge in [0, 0.05) is 19.0 Å². The Kier molecular flexibility index (Phi) is 2.61. The molecule has 0 atom stereocenters. The van der Waals surface area contributed by atoms with E-state index in [2.05, 4.69) is 0 Å². The van der Waals surface area contributed by atoms with E-state index in [0.717, 1.165) is 19.1 Å². The maximum Gasteiger partial charge on any atom is 0.270 e. The van der Waals surface area contributed by atoms with E-state index < -0.39 is 11.7 Å². The van der Waals surface area contributed by atoms with Crippen LogP contribution in [0.5, 0.6) is 0 Å². The molecule has 0 spiro atoms. The van der Waals surface area contributed by atoms with Crippen LogP contribution in [0, 0.1) is 5.82 Å². The van der Waals surface area contributed by atoms with Crippen LogP contribution < -0.4 is 5.73 Å². The fraction of sp³-hybridized carbons (Fsp3) is 0.333. The average molecular weight is 189 g/mol. The molecule has 0 amide bonds. The van der Waals surface area contributed by atoms with Gasteiger partial charge in [-0.1, -0.05) is 6.07 Å². The van der Waals surface area contributed by atoms with Crippen molar-refractivity contribution in [3.63, 3.8) is 0 Å². The number of rotatable bonds is 2. The molecular weight excluding hydrogens is 179 g/mol. The highest BCUT2D eigenvalue weighted by atomic mass is 19.3. The van der Waals surface area contributed by atoms with Crippen molar-refractivity contribution in [3.05, 3.63) is 35.1 Å². The summed E-state index contributed by atoms with van der Waals surface area (Å²) in [5.41, 5.74) is 5.18. The Bertz CT molecular complexity index is 304. The van der Waals surface area contributed by atoms with Crippen LogP contribution in [0.1, 0.15) is 18.1 Å². The number of halogens is 3. The van der Waals surface area contributed by atoms with Gasteiger partial charge in [-0.05, 0) is 17.7 Å². The van der Waals surface area contributed by atoms with Gasteiger partial charge >= 0.3 is 0 Å². The third-order valence-corrected chi connectivity index (χ3v) is 1.76. The van der Waals surface area contributed by atoms with Crippen molar-refractivity contribution in [2.24, 2.45) is 5.73 Å². The molecule has 0 bridgehead atoms. The summed E-state index contributed by atoms with van der Waals surface area (Å²) in [7, 11) is 0. The normalized spacial score (nSPS) is 11.8. The Morgan fingerprint density at radius 1 is 1.38 bits per heavy atom. The van der Waals surface area contributed by atoms with E-state index in [4.69, 9.17) is 5.73 Å². The minimum absolute atomic E-state index is 0.0148. The second kappa shape index (κ2) is 3.38. The molecule has 0 saturated heterocycles. The lowest BCUT2D eigenvalue weighted by Gasteiger charge is -2.14. The zero-order chi connectivity index (χ0) is 10.1. The topological polar surface area (TPSA) is 26.0 Å². The van der Waals surface area contributed by atoms with Gasteiger partial charge in [-0.3, -0.25) is 0 Å². The van der Waals surface area contributed by atoms with Gasteiger partial charge in [0.2, 0.25) is 0 Å². The SMILES string of the molecule is CC(F)(F)c1cc(F)ccc1CN. The fourth-order valence-corrected chi connectivity index (χ4v) is 1.14. The first kappa shape index (κ1) is 10.1. The second-order valence-electron chi connectivity index (χ2n) is 2.89. The van der Waals surface area contributed by atoms with Crippen molar-refractivity contribution in [2.75, 3.05) is 0 Å². The summed E-state index contributed by atoms with van der Waals surface area (Å²) in [4.78, 5) is 0. The Labute approximate surface area is 74.4 Å². The number of alkyl halides is 2. The van der Waals surface area contributed by atoms with E-state index in [1.807, 2.05) is 0 Å².